The molecule has 2 aromatic rings. The number of rotatable bonds is 3. The molecular formula is C17H19ClO. The van der Waals surface area contributed by atoms with Crippen LogP contribution in [0.25, 0.3) is 0 Å². The first kappa shape index (κ1) is 14.1. The monoisotopic (exact) mass is 274 g/mol. The third-order valence-electron chi connectivity index (χ3n) is 3.49. The van der Waals surface area contributed by atoms with Gasteiger partial charge in [-0.3, -0.25) is 0 Å². The van der Waals surface area contributed by atoms with Crippen LogP contribution in [-0.4, -0.2) is 5.11 Å². The number of hydrogen-bond donors (Lipinski definition) is 1. The van der Waals surface area contributed by atoms with Gasteiger partial charge in [0.15, 0.2) is 0 Å². The van der Waals surface area contributed by atoms with Gasteiger partial charge in [0, 0.05) is 11.4 Å². The van der Waals surface area contributed by atoms with Gasteiger partial charge in [-0.2, -0.15) is 0 Å². The van der Waals surface area contributed by atoms with Crippen LogP contribution in [0.3, 0.4) is 0 Å². The first-order valence-electron chi connectivity index (χ1n) is 6.47. The molecule has 100 valence electrons. The quantitative estimate of drug-likeness (QED) is 0.871. The van der Waals surface area contributed by atoms with E-state index in [0.717, 1.165) is 11.1 Å². The molecular weight excluding hydrogens is 256 g/mol. The van der Waals surface area contributed by atoms with Crippen LogP contribution in [0.15, 0.2) is 36.4 Å². The zero-order valence-electron chi connectivity index (χ0n) is 11.6. The Morgan fingerprint density at radius 1 is 1.05 bits per heavy atom. The molecule has 19 heavy (non-hydrogen) atoms. The van der Waals surface area contributed by atoms with Crippen LogP contribution >= 0.6 is 11.6 Å². The molecule has 0 amide bonds. The van der Waals surface area contributed by atoms with Crippen LogP contribution in [0.2, 0.25) is 5.02 Å². The van der Waals surface area contributed by atoms with Gasteiger partial charge in [0.2, 0.25) is 0 Å². The van der Waals surface area contributed by atoms with Crippen LogP contribution in [0, 0.1) is 20.8 Å². The Balaban J connectivity index is 2.28. The average molecular weight is 275 g/mol. The second kappa shape index (κ2) is 5.77. The van der Waals surface area contributed by atoms with E-state index in [2.05, 4.69) is 26.0 Å². The van der Waals surface area contributed by atoms with E-state index in [1.165, 1.54) is 16.7 Å². The summed E-state index contributed by atoms with van der Waals surface area (Å²) in [5.41, 5.74) is 5.61. The fraction of sp³-hybridized carbons (Fsp3) is 0.294. The Labute approximate surface area is 119 Å². The number of benzene rings is 2. The third kappa shape index (κ3) is 3.37. The molecule has 0 bridgehead atoms. The Morgan fingerprint density at radius 2 is 1.68 bits per heavy atom. The first-order chi connectivity index (χ1) is 8.97. The molecule has 0 radical (unpaired) electrons. The fourth-order valence-electron chi connectivity index (χ4n) is 2.44. The van der Waals surface area contributed by atoms with Gasteiger partial charge in [0.05, 0.1) is 6.10 Å². The molecule has 0 aliphatic carbocycles. The predicted octanol–water partition coefficient (Wildman–Crippen LogP) is 4.54. The molecule has 0 heterocycles. The molecule has 2 heteroatoms. The lowest BCUT2D eigenvalue weighted by atomic mass is 9.94. The molecule has 0 saturated heterocycles. The van der Waals surface area contributed by atoms with Gasteiger partial charge >= 0.3 is 0 Å². The molecule has 0 fully saturated rings. The van der Waals surface area contributed by atoms with Gasteiger partial charge in [0.1, 0.15) is 0 Å². The van der Waals surface area contributed by atoms with Gasteiger partial charge in [-0.25, -0.2) is 0 Å². The Bertz CT molecular complexity index is 549. The summed E-state index contributed by atoms with van der Waals surface area (Å²) < 4.78 is 0. The van der Waals surface area contributed by atoms with Crippen molar-refractivity contribution < 1.29 is 5.11 Å². The highest BCUT2D eigenvalue weighted by Gasteiger charge is 2.12. The standard InChI is InChI=1S/C17H19ClO/c1-11-7-14(9-15(18)8-11)17(19)10-16-12(2)5-4-6-13(16)3/h4-9,17,19H,10H2,1-3H3. The SMILES string of the molecule is Cc1cc(Cl)cc(C(O)Cc2c(C)cccc2C)c1. The van der Waals surface area contributed by atoms with Gasteiger partial charge < -0.3 is 5.11 Å². The molecule has 0 aliphatic rings. The summed E-state index contributed by atoms with van der Waals surface area (Å²) in [5.74, 6) is 0. The Hall–Kier alpha value is -1.31. The average Bonchev–Trinajstić information content (AvgIpc) is 2.32. The van der Waals surface area contributed by atoms with Crippen molar-refractivity contribution in [3.05, 3.63) is 69.2 Å². The minimum Gasteiger partial charge on any atom is -0.388 e. The zero-order valence-corrected chi connectivity index (χ0v) is 12.3. The van der Waals surface area contributed by atoms with Gasteiger partial charge in [0.25, 0.3) is 0 Å². The minimum absolute atomic E-state index is 0.516. The molecule has 0 aromatic heterocycles. The summed E-state index contributed by atoms with van der Waals surface area (Å²) in [6.45, 7) is 6.15. The van der Waals surface area contributed by atoms with Crippen LogP contribution < -0.4 is 0 Å². The minimum atomic E-state index is -0.516. The van der Waals surface area contributed by atoms with Crippen LogP contribution in [-0.2, 0) is 6.42 Å². The number of aryl methyl sites for hydroxylation is 3. The smallest absolute Gasteiger partial charge is 0.0831 e. The highest BCUT2D eigenvalue weighted by atomic mass is 35.5. The molecule has 1 nitrogen and oxygen atoms in total. The molecule has 0 spiro atoms. The molecule has 2 aromatic carbocycles. The summed E-state index contributed by atoms with van der Waals surface area (Å²) in [6.07, 6.45) is 0.107. The normalized spacial score (nSPS) is 12.5. The predicted molar refractivity (Wildman–Crippen MR) is 80.8 cm³/mol. The molecule has 1 N–H and O–H groups in total. The first-order valence-corrected chi connectivity index (χ1v) is 6.85. The molecule has 1 atom stereocenters. The summed E-state index contributed by atoms with van der Waals surface area (Å²) >= 11 is 6.05. The van der Waals surface area contributed by atoms with Crippen molar-refractivity contribution in [3.63, 3.8) is 0 Å². The lowest BCUT2D eigenvalue weighted by Gasteiger charge is -2.16. The van der Waals surface area contributed by atoms with Gasteiger partial charge in [-0.05, 0) is 60.7 Å². The Kier molecular flexibility index (Phi) is 4.28. The van der Waals surface area contributed by atoms with E-state index < -0.39 is 6.10 Å². The maximum Gasteiger partial charge on any atom is 0.0831 e. The van der Waals surface area contributed by atoms with Crippen molar-refractivity contribution in [2.24, 2.45) is 0 Å². The van der Waals surface area contributed by atoms with E-state index in [-0.39, 0.29) is 0 Å². The molecule has 2 rings (SSSR count). The lowest BCUT2D eigenvalue weighted by molar-refractivity contribution is 0.178. The number of aliphatic hydroxyl groups is 1. The van der Waals surface area contributed by atoms with Crippen LogP contribution in [0.1, 0.15) is 33.9 Å². The second-order valence-electron chi connectivity index (χ2n) is 5.15. The number of halogens is 1. The maximum atomic E-state index is 10.4. The van der Waals surface area contributed by atoms with Crippen molar-refractivity contribution in [2.75, 3.05) is 0 Å². The topological polar surface area (TPSA) is 20.2 Å². The van der Waals surface area contributed by atoms with Crippen molar-refractivity contribution in [3.8, 4) is 0 Å². The van der Waals surface area contributed by atoms with E-state index >= 15 is 0 Å². The highest BCUT2D eigenvalue weighted by molar-refractivity contribution is 6.30. The summed E-state index contributed by atoms with van der Waals surface area (Å²) in [6, 6.07) is 11.9. The summed E-state index contributed by atoms with van der Waals surface area (Å²) in [7, 11) is 0. The maximum absolute atomic E-state index is 10.4. The molecule has 1 unspecified atom stereocenters. The Morgan fingerprint density at radius 3 is 2.26 bits per heavy atom. The van der Waals surface area contributed by atoms with E-state index in [9.17, 15) is 5.11 Å². The molecule has 0 saturated carbocycles. The summed E-state index contributed by atoms with van der Waals surface area (Å²) in [5, 5.41) is 11.1. The van der Waals surface area contributed by atoms with E-state index in [0.29, 0.717) is 11.4 Å². The number of aliphatic hydroxyl groups excluding tert-OH is 1. The highest BCUT2D eigenvalue weighted by Crippen LogP contribution is 2.25. The zero-order chi connectivity index (χ0) is 14.0. The lowest BCUT2D eigenvalue weighted by Crippen LogP contribution is -2.05. The van der Waals surface area contributed by atoms with Crippen molar-refractivity contribution in [2.45, 2.75) is 33.3 Å². The van der Waals surface area contributed by atoms with Crippen molar-refractivity contribution >= 4 is 11.6 Å². The van der Waals surface area contributed by atoms with Crippen LogP contribution in [0.4, 0.5) is 0 Å². The second-order valence-corrected chi connectivity index (χ2v) is 5.59. The van der Waals surface area contributed by atoms with E-state index in [1.807, 2.05) is 31.2 Å². The van der Waals surface area contributed by atoms with Crippen LogP contribution in [0.5, 0.6) is 0 Å². The van der Waals surface area contributed by atoms with Crippen molar-refractivity contribution in [1.82, 2.24) is 0 Å². The largest absolute Gasteiger partial charge is 0.388 e. The van der Waals surface area contributed by atoms with E-state index in [1.54, 1.807) is 0 Å². The van der Waals surface area contributed by atoms with E-state index in [4.69, 9.17) is 11.6 Å². The fourth-order valence-corrected chi connectivity index (χ4v) is 2.74. The third-order valence-corrected chi connectivity index (χ3v) is 3.71. The molecule has 0 aliphatic heterocycles. The van der Waals surface area contributed by atoms with Gasteiger partial charge in [-0.1, -0.05) is 35.9 Å². The summed E-state index contributed by atoms with van der Waals surface area (Å²) in [4.78, 5) is 0. The van der Waals surface area contributed by atoms with Gasteiger partial charge in [-0.15, -0.1) is 0 Å². The number of hydrogen-bond acceptors (Lipinski definition) is 1. The van der Waals surface area contributed by atoms with Crippen molar-refractivity contribution in [1.29, 1.82) is 0 Å².